The second-order valence-corrected chi connectivity index (χ2v) is 4.60. The molecule has 5 heteroatoms. The number of esters is 1. The summed E-state index contributed by atoms with van der Waals surface area (Å²) < 4.78 is 4.70. The van der Waals surface area contributed by atoms with E-state index in [1.807, 2.05) is 6.07 Å². The molecule has 0 unspecified atom stereocenters. The monoisotopic (exact) mass is 321 g/mol. The van der Waals surface area contributed by atoms with Gasteiger partial charge in [0.25, 0.3) is 0 Å². The molecule has 120 valence electrons. The van der Waals surface area contributed by atoms with Crippen molar-refractivity contribution in [3.8, 4) is 11.8 Å². The van der Waals surface area contributed by atoms with Crippen LogP contribution in [-0.4, -0.2) is 31.7 Å². The van der Waals surface area contributed by atoms with Crippen molar-refractivity contribution in [3.63, 3.8) is 0 Å². The van der Waals surface area contributed by atoms with E-state index in [9.17, 15) is 9.59 Å². The molecule has 0 amide bonds. The zero-order valence-electron chi connectivity index (χ0n) is 13.3. The van der Waals surface area contributed by atoms with Crippen molar-refractivity contribution in [2.75, 3.05) is 14.2 Å². The van der Waals surface area contributed by atoms with Crippen molar-refractivity contribution < 1.29 is 19.2 Å². The highest BCUT2D eigenvalue weighted by Crippen LogP contribution is 2.11. The van der Waals surface area contributed by atoms with E-state index < -0.39 is 5.97 Å². The lowest BCUT2D eigenvalue weighted by Gasteiger charge is -2.06. The fourth-order valence-electron chi connectivity index (χ4n) is 1.97. The van der Waals surface area contributed by atoms with Gasteiger partial charge < -0.3 is 9.57 Å². The number of rotatable bonds is 4. The number of hydrogen-bond donors (Lipinski definition) is 0. The van der Waals surface area contributed by atoms with E-state index in [0.717, 1.165) is 0 Å². The molecule has 2 rings (SSSR count). The molecule has 0 heterocycles. The summed E-state index contributed by atoms with van der Waals surface area (Å²) in [6.45, 7) is 0. The smallest absolute Gasteiger partial charge is 0.360 e. The molecule has 0 aliphatic carbocycles. The maximum Gasteiger partial charge on any atom is 0.360 e. The van der Waals surface area contributed by atoms with Gasteiger partial charge in [0.15, 0.2) is 5.71 Å². The zero-order chi connectivity index (χ0) is 17.4. The highest BCUT2D eigenvalue weighted by molar-refractivity contribution is 6.43. The minimum atomic E-state index is -0.652. The first kappa shape index (κ1) is 17.0. The van der Waals surface area contributed by atoms with E-state index in [1.54, 1.807) is 48.5 Å². The number of oxime groups is 1. The quantitative estimate of drug-likeness (QED) is 0.285. The van der Waals surface area contributed by atoms with Crippen molar-refractivity contribution in [3.05, 3.63) is 71.3 Å². The topological polar surface area (TPSA) is 65.0 Å². The SMILES string of the molecule is CON=C(C(=O)OC)c1ccccc1C#CC(=O)c1ccccc1. The average molecular weight is 321 g/mol. The predicted molar refractivity (Wildman–Crippen MR) is 89.7 cm³/mol. The third kappa shape index (κ3) is 4.08. The number of nitrogens with zero attached hydrogens (tertiary/aromatic N) is 1. The Balaban J connectivity index is 2.40. The van der Waals surface area contributed by atoms with Gasteiger partial charge in [-0.05, 0) is 12.0 Å². The number of benzene rings is 2. The number of ether oxygens (including phenoxy) is 1. The number of hydrogen-bond acceptors (Lipinski definition) is 5. The van der Waals surface area contributed by atoms with Crippen LogP contribution in [0.2, 0.25) is 0 Å². The molecule has 0 radical (unpaired) electrons. The summed E-state index contributed by atoms with van der Waals surface area (Å²) in [6, 6.07) is 15.6. The van der Waals surface area contributed by atoms with E-state index in [2.05, 4.69) is 17.0 Å². The summed E-state index contributed by atoms with van der Waals surface area (Å²) >= 11 is 0. The van der Waals surface area contributed by atoms with Crippen molar-refractivity contribution in [2.45, 2.75) is 0 Å². The van der Waals surface area contributed by atoms with Crippen molar-refractivity contribution in [1.82, 2.24) is 0 Å². The second-order valence-electron chi connectivity index (χ2n) is 4.60. The standard InChI is InChI=1S/C19H15NO4/c1-23-19(22)18(20-24-2)16-11-7-6-8-14(16)12-13-17(21)15-9-4-3-5-10-15/h3-11H,1-2H3. The number of Topliss-reactive ketones (excluding diaryl/α,β-unsaturated/α-hetero) is 1. The van der Waals surface area contributed by atoms with Gasteiger partial charge in [0.05, 0.1) is 7.11 Å². The Labute approximate surface area is 139 Å². The molecule has 24 heavy (non-hydrogen) atoms. The van der Waals surface area contributed by atoms with Crippen LogP contribution >= 0.6 is 0 Å². The van der Waals surface area contributed by atoms with Gasteiger partial charge in [-0.2, -0.15) is 0 Å². The van der Waals surface area contributed by atoms with Gasteiger partial charge in [0, 0.05) is 16.7 Å². The Bertz CT molecular complexity index is 829. The minimum Gasteiger partial charge on any atom is -0.464 e. The first-order valence-electron chi connectivity index (χ1n) is 7.07. The summed E-state index contributed by atoms with van der Waals surface area (Å²) in [5.41, 5.74) is 1.39. The van der Waals surface area contributed by atoms with Crippen molar-refractivity contribution in [2.24, 2.45) is 5.16 Å². The van der Waals surface area contributed by atoms with Crippen LogP contribution in [0.1, 0.15) is 21.5 Å². The van der Waals surface area contributed by atoms with E-state index in [4.69, 9.17) is 9.57 Å². The minimum absolute atomic E-state index is 0.0166. The second kappa shape index (κ2) is 8.30. The molecule has 2 aromatic carbocycles. The van der Waals surface area contributed by atoms with Gasteiger partial charge in [0.2, 0.25) is 5.78 Å². The molecule has 0 saturated heterocycles. The lowest BCUT2D eigenvalue weighted by Crippen LogP contribution is -2.18. The lowest BCUT2D eigenvalue weighted by atomic mass is 10.0. The van der Waals surface area contributed by atoms with E-state index in [1.165, 1.54) is 14.2 Å². The third-order valence-corrected chi connectivity index (χ3v) is 3.09. The van der Waals surface area contributed by atoms with Crippen LogP contribution in [-0.2, 0) is 14.4 Å². The van der Waals surface area contributed by atoms with Gasteiger partial charge in [-0.3, -0.25) is 4.79 Å². The summed E-state index contributed by atoms with van der Waals surface area (Å²) in [5.74, 6) is 4.39. The predicted octanol–water partition coefficient (Wildman–Crippen LogP) is 2.44. The molecule has 0 aliphatic heterocycles. The maximum absolute atomic E-state index is 12.1. The fourth-order valence-corrected chi connectivity index (χ4v) is 1.97. The van der Waals surface area contributed by atoms with Crippen LogP contribution in [0.5, 0.6) is 0 Å². The molecule has 0 saturated carbocycles. The molecule has 0 aromatic heterocycles. The van der Waals surface area contributed by atoms with Gasteiger partial charge in [0.1, 0.15) is 7.11 Å². The zero-order valence-corrected chi connectivity index (χ0v) is 13.3. The highest BCUT2D eigenvalue weighted by atomic mass is 16.6. The molecule has 5 nitrogen and oxygen atoms in total. The maximum atomic E-state index is 12.1. The van der Waals surface area contributed by atoms with E-state index in [0.29, 0.717) is 16.7 Å². The highest BCUT2D eigenvalue weighted by Gasteiger charge is 2.18. The Morgan fingerprint density at radius 3 is 2.29 bits per heavy atom. The molecule has 0 spiro atoms. The Morgan fingerprint density at radius 2 is 1.62 bits per heavy atom. The van der Waals surface area contributed by atoms with Crippen LogP contribution in [0.3, 0.4) is 0 Å². The summed E-state index contributed by atoms with van der Waals surface area (Å²) in [7, 11) is 2.58. The van der Waals surface area contributed by atoms with Crippen LogP contribution < -0.4 is 0 Å². The molecule has 0 bridgehead atoms. The van der Waals surface area contributed by atoms with E-state index >= 15 is 0 Å². The van der Waals surface area contributed by atoms with Crippen LogP contribution in [0, 0.1) is 11.8 Å². The summed E-state index contributed by atoms with van der Waals surface area (Å²) in [4.78, 5) is 28.7. The number of carbonyl (C=O) groups excluding carboxylic acids is 2. The normalized spacial score (nSPS) is 10.3. The fraction of sp³-hybridized carbons (Fsp3) is 0.105. The molecule has 0 atom stereocenters. The van der Waals surface area contributed by atoms with Gasteiger partial charge in [-0.15, -0.1) is 0 Å². The molecular formula is C19H15NO4. The summed E-state index contributed by atoms with van der Waals surface area (Å²) in [5, 5.41) is 3.70. The molecule has 0 N–H and O–H groups in total. The van der Waals surface area contributed by atoms with Crippen LogP contribution in [0.4, 0.5) is 0 Å². The largest absolute Gasteiger partial charge is 0.464 e. The Morgan fingerprint density at radius 1 is 0.958 bits per heavy atom. The van der Waals surface area contributed by atoms with Crippen LogP contribution in [0.15, 0.2) is 59.8 Å². The van der Waals surface area contributed by atoms with E-state index in [-0.39, 0.29) is 11.5 Å². The van der Waals surface area contributed by atoms with Crippen molar-refractivity contribution >= 4 is 17.5 Å². The lowest BCUT2D eigenvalue weighted by molar-refractivity contribution is -0.132. The molecule has 0 fully saturated rings. The first-order valence-corrected chi connectivity index (χ1v) is 7.07. The third-order valence-electron chi connectivity index (χ3n) is 3.09. The van der Waals surface area contributed by atoms with Gasteiger partial charge in [-0.1, -0.05) is 59.6 Å². The number of carbonyl (C=O) groups is 2. The summed E-state index contributed by atoms with van der Waals surface area (Å²) in [6.07, 6.45) is 0. The van der Waals surface area contributed by atoms with Crippen molar-refractivity contribution in [1.29, 1.82) is 0 Å². The number of ketones is 1. The molecule has 2 aromatic rings. The number of methoxy groups -OCH3 is 1. The Hall–Kier alpha value is -3.39. The molecule has 0 aliphatic rings. The first-order chi connectivity index (χ1) is 11.7. The van der Waals surface area contributed by atoms with Gasteiger partial charge >= 0.3 is 5.97 Å². The average Bonchev–Trinajstić information content (AvgIpc) is 2.64. The Kier molecular flexibility index (Phi) is 5.87. The van der Waals surface area contributed by atoms with Crippen LogP contribution in [0.25, 0.3) is 0 Å². The molecular weight excluding hydrogens is 306 g/mol. The van der Waals surface area contributed by atoms with Gasteiger partial charge in [-0.25, -0.2) is 4.79 Å².